The van der Waals surface area contributed by atoms with Crippen LogP contribution in [0.5, 0.6) is 0 Å². The summed E-state index contributed by atoms with van der Waals surface area (Å²) in [6.45, 7) is 2.67. The van der Waals surface area contributed by atoms with E-state index in [0.29, 0.717) is 24.7 Å². The molecule has 128 valence electrons. The topological polar surface area (TPSA) is 59.2 Å². The summed E-state index contributed by atoms with van der Waals surface area (Å²) in [4.78, 5) is 18.7. The molecule has 2 aromatic rings. The van der Waals surface area contributed by atoms with E-state index < -0.39 is 0 Å². The lowest BCUT2D eigenvalue weighted by molar-refractivity contribution is -0.135. The van der Waals surface area contributed by atoms with Gasteiger partial charge in [-0.2, -0.15) is 4.98 Å². The van der Waals surface area contributed by atoms with Crippen molar-refractivity contribution in [2.75, 3.05) is 13.6 Å². The predicted molar refractivity (Wildman–Crippen MR) is 92.4 cm³/mol. The van der Waals surface area contributed by atoms with Crippen molar-refractivity contribution in [1.82, 2.24) is 15.0 Å². The van der Waals surface area contributed by atoms with Gasteiger partial charge in [0.1, 0.15) is 0 Å². The molecule has 0 aliphatic heterocycles. The third kappa shape index (κ3) is 4.02. The number of rotatable bonds is 5. The van der Waals surface area contributed by atoms with Crippen LogP contribution in [0.4, 0.5) is 0 Å². The number of carbonyl (C=O) groups excluding carboxylic acids is 1. The summed E-state index contributed by atoms with van der Waals surface area (Å²) >= 11 is 0. The maximum Gasteiger partial charge on any atom is 0.257 e. The second-order valence-electron chi connectivity index (χ2n) is 6.73. The molecule has 1 fully saturated rings. The molecule has 1 amide bonds. The third-order valence-electron chi connectivity index (χ3n) is 4.77. The fourth-order valence-electron chi connectivity index (χ4n) is 3.21. The second kappa shape index (κ2) is 7.60. The highest BCUT2D eigenvalue weighted by molar-refractivity contribution is 5.78. The summed E-state index contributed by atoms with van der Waals surface area (Å²) in [7, 11) is 1.87. The molecule has 0 saturated heterocycles. The molecular weight excluding hydrogens is 302 g/mol. The van der Waals surface area contributed by atoms with Gasteiger partial charge in [-0.15, -0.1) is 0 Å². The highest BCUT2D eigenvalue weighted by Gasteiger charge is 2.24. The lowest BCUT2D eigenvalue weighted by Crippen LogP contribution is -2.35. The maximum atomic E-state index is 12.4. The highest BCUT2D eigenvalue weighted by Crippen LogP contribution is 2.25. The molecule has 0 spiro atoms. The molecular formula is C19H25N3O2. The summed E-state index contributed by atoms with van der Waals surface area (Å²) in [6, 6.07) is 8.00. The van der Waals surface area contributed by atoms with Gasteiger partial charge in [-0.05, 0) is 31.9 Å². The average molecular weight is 327 g/mol. The van der Waals surface area contributed by atoms with Crippen LogP contribution in [0.2, 0.25) is 0 Å². The summed E-state index contributed by atoms with van der Waals surface area (Å²) < 4.78 is 5.34. The maximum absolute atomic E-state index is 12.4. The summed E-state index contributed by atoms with van der Waals surface area (Å²) in [5, 5.41) is 4.03. The zero-order chi connectivity index (χ0) is 16.9. The fraction of sp³-hybridized carbons (Fsp3) is 0.526. The number of aryl methyl sites for hydroxylation is 1. The molecule has 1 aliphatic rings. The van der Waals surface area contributed by atoms with Gasteiger partial charge in [-0.25, -0.2) is 0 Å². The van der Waals surface area contributed by atoms with Crippen molar-refractivity contribution in [3.05, 3.63) is 35.7 Å². The number of hydrogen-bond donors (Lipinski definition) is 0. The summed E-state index contributed by atoms with van der Waals surface area (Å²) in [5.74, 6) is 1.65. The van der Waals surface area contributed by atoms with Gasteiger partial charge in [-0.3, -0.25) is 4.79 Å². The third-order valence-corrected chi connectivity index (χ3v) is 4.77. The first-order valence-corrected chi connectivity index (χ1v) is 8.78. The Labute approximate surface area is 143 Å². The first-order chi connectivity index (χ1) is 11.6. The van der Waals surface area contributed by atoms with Crippen molar-refractivity contribution < 1.29 is 9.32 Å². The normalized spacial score (nSPS) is 15.4. The van der Waals surface area contributed by atoms with Crippen LogP contribution < -0.4 is 0 Å². The monoisotopic (exact) mass is 327 g/mol. The zero-order valence-corrected chi connectivity index (χ0v) is 14.5. The van der Waals surface area contributed by atoms with Crippen LogP contribution in [0.15, 0.2) is 28.8 Å². The van der Waals surface area contributed by atoms with Crippen molar-refractivity contribution >= 4 is 5.91 Å². The Hall–Kier alpha value is -2.17. The molecule has 1 aromatic heterocycles. The minimum Gasteiger partial charge on any atom is -0.345 e. The molecule has 1 aliphatic carbocycles. The van der Waals surface area contributed by atoms with Gasteiger partial charge in [0.05, 0.1) is 0 Å². The Morgan fingerprint density at radius 2 is 1.92 bits per heavy atom. The van der Waals surface area contributed by atoms with Crippen LogP contribution in [0.1, 0.15) is 43.5 Å². The van der Waals surface area contributed by atoms with E-state index >= 15 is 0 Å². The predicted octanol–water partition coefficient (Wildman–Crippen LogP) is 3.63. The largest absolute Gasteiger partial charge is 0.345 e. The van der Waals surface area contributed by atoms with Crippen LogP contribution in [0.25, 0.3) is 11.5 Å². The van der Waals surface area contributed by atoms with Gasteiger partial charge < -0.3 is 9.42 Å². The smallest absolute Gasteiger partial charge is 0.257 e. The number of carbonyl (C=O) groups is 1. The van der Waals surface area contributed by atoms with Crippen LogP contribution >= 0.6 is 0 Å². The first-order valence-electron chi connectivity index (χ1n) is 8.78. The molecule has 5 heteroatoms. The van der Waals surface area contributed by atoms with E-state index in [1.54, 1.807) is 0 Å². The molecule has 5 nitrogen and oxygen atoms in total. The lowest BCUT2D eigenvalue weighted by atomic mass is 9.88. The van der Waals surface area contributed by atoms with Gasteiger partial charge >= 0.3 is 0 Å². The Balaban J connectivity index is 1.55. The van der Waals surface area contributed by atoms with Crippen LogP contribution in [-0.2, 0) is 11.2 Å². The minimum atomic E-state index is 0.206. The standard InChI is InChI=1S/C19H25N3O2/c1-14-8-10-15(11-9-14)18-20-17(21-24-18)12-13-22(2)19(23)16-6-4-3-5-7-16/h8-11,16H,3-7,12-13H2,1-2H3. The van der Waals surface area contributed by atoms with Crippen LogP contribution in [0, 0.1) is 12.8 Å². The molecule has 1 saturated carbocycles. The number of benzene rings is 1. The molecule has 24 heavy (non-hydrogen) atoms. The molecule has 0 radical (unpaired) electrons. The number of nitrogens with zero attached hydrogens (tertiary/aromatic N) is 3. The first kappa shape index (κ1) is 16.7. The van der Waals surface area contributed by atoms with Gasteiger partial charge in [-0.1, -0.05) is 42.1 Å². The van der Waals surface area contributed by atoms with Crippen molar-refractivity contribution in [2.24, 2.45) is 5.92 Å². The van der Waals surface area contributed by atoms with E-state index in [2.05, 4.69) is 10.1 Å². The number of hydrogen-bond acceptors (Lipinski definition) is 4. The highest BCUT2D eigenvalue weighted by atomic mass is 16.5. The van der Waals surface area contributed by atoms with Gasteiger partial charge in [0.25, 0.3) is 5.89 Å². The van der Waals surface area contributed by atoms with Gasteiger partial charge in [0, 0.05) is 31.5 Å². The Morgan fingerprint density at radius 1 is 1.21 bits per heavy atom. The van der Waals surface area contributed by atoms with Gasteiger partial charge in [0.15, 0.2) is 5.82 Å². The minimum absolute atomic E-state index is 0.206. The van der Waals surface area contributed by atoms with Crippen molar-refractivity contribution in [2.45, 2.75) is 45.4 Å². The van der Waals surface area contributed by atoms with Crippen molar-refractivity contribution in [3.8, 4) is 11.5 Å². The number of aromatic nitrogens is 2. The number of amides is 1. The molecule has 0 bridgehead atoms. The molecule has 0 N–H and O–H groups in total. The van der Waals surface area contributed by atoms with E-state index in [1.807, 2.05) is 43.1 Å². The van der Waals surface area contributed by atoms with Gasteiger partial charge in [0.2, 0.25) is 5.91 Å². The van der Waals surface area contributed by atoms with E-state index in [4.69, 9.17) is 4.52 Å². The van der Waals surface area contributed by atoms with E-state index in [-0.39, 0.29) is 11.8 Å². The Morgan fingerprint density at radius 3 is 2.62 bits per heavy atom. The summed E-state index contributed by atoms with van der Waals surface area (Å²) in [6.07, 6.45) is 6.29. The zero-order valence-electron chi connectivity index (χ0n) is 14.5. The van der Waals surface area contributed by atoms with Crippen molar-refractivity contribution in [1.29, 1.82) is 0 Å². The SMILES string of the molecule is Cc1ccc(-c2nc(CCN(C)C(=O)C3CCCCC3)no2)cc1. The van der Waals surface area contributed by atoms with Crippen LogP contribution in [-0.4, -0.2) is 34.5 Å². The number of likely N-dealkylation sites (N-methyl/N-ethyl adjacent to an activating group) is 1. The molecule has 1 heterocycles. The quantitative estimate of drug-likeness (QED) is 0.841. The van der Waals surface area contributed by atoms with E-state index in [1.165, 1.54) is 24.8 Å². The Kier molecular flexibility index (Phi) is 5.28. The van der Waals surface area contributed by atoms with E-state index in [9.17, 15) is 4.79 Å². The molecule has 1 aromatic carbocycles. The molecule has 0 atom stereocenters. The fourth-order valence-corrected chi connectivity index (χ4v) is 3.21. The molecule has 3 rings (SSSR count). The lowest BCUT2D eigenvalue weighted by Gasteiger charge is -2.26. The molecule has 0 unspecified atom stereocenters. The Bertz CT molecular complexity index is 672. The second-order valence-corrected chi connectivity index (χ2v) is 6.73. The van der Waals surface area contributed by atoms with E-state index in [0.717, 1.165) is 18.4 Å². The average Bonchev–Trinajstić information content (AvgIpc) is 3.09. The summed E-state index contributed by atoms with van der Waals surface area (Å²) in [5.41, 5.74) is 2.12. The van der Waals surface area contributed by atoms with Crippen molar-refractivity contribution in [3.63, 3.8) is 0 Å². The van der Waals surface area contributed by atoms with Crippen LogP contribution in [0.3, 0.4) is 0 Å².